The van der Waals surface area contributed by atoms with Gasteiger partial charge in [-0.15, -0.1) is 0 Å². The molecule has 3 unspecified atom stereocenters. The molecule has 2 aliphatic heterocycles. The zero-order valence-corrected chi connectivity index (χ0v) is 15.5. The fourth-order valence-electron chi connectivity index (χ4n) is 3.56. The second-order valence-corrected chi connectivity index (χ2v) is 9.02. The Hall–Kier alpha value is -1.61. The highest BCUT2D eigenvalue weighted by molar-refractivity contribution is 7.91. The largest absolute Gasteiger partial charge is 0.376 e. The van der Waals surface area contributed by atoms with E-state index in [2.05, 4.69) is 10.4 Å². The summed E-state index contributed by atoms with van der Waals surface area (Å²) in [5.74, 6) is -0.0727. The van der Waals surface area contributed by atoms with Crippen LogP contribution in [0.2, 0.25) is 0 Å². The fraction of sp³-hybridized carbons (Fsp3) is 0.750. The van der Waals surface area contributed by atoms with Crippen molar-refractivity contribution in [2.75, 3.05) is 24.7 Å². The maximum Gasteiger partial charge on any atom is 0.318 e. The number of hydrogen-bond donors (Lipinski definition) is 1. The summed E-state index contributed by atoms with van der Waals surface area (Å²) in [6.07, 6.45) is 6.17. The standard InChI is InChI=1S/C16H26N4O4S/c1-3-13(15-5-4-7-24-15)18-16(21)20-6-8-25(22,23)11-14(20)12-9-17-19(2)10-12/h9-10,13-15H,3-8,11H2,1-2H3,(H,18,21). The van der Waals surface area contributed by atoms with E-state index >= 15 is 0 Å². The van der Waals surface area contributed by atoms with E-state index in [0.717, 1.165) is 31.4 Å². The number of carbonyl (C=O) groups excluding carboxylic acids is 1. The summed E-state index contributed by atoms with van der Waals surface area (Å²) < 4.78 is 31.5. The topological polar surface area (TPSA) is 93.5 Å². The van der Waals surface area contributed by atoms with Gasteiger partial charge in [-0.1, -0.05) is 6.92 Å². The Labute approximate surface area is 148 Å². The summed E-state index contributed by atoms with van der Waals surface area (Å²) in [5.41, 5.74) is 0.742. The molecule has 8 nitrogen and oxygen atoms in total. The molecule has 2 saturated heterocycles. The van der Waals surface area contributed by atoms with Gasteiger partial charge in [-0.05, 0) is 19.3 Å². The van der Waals surface area contributed by atoms with Crippen LogP contribution < -0.4 is 5.32 Å². The molecular weight excluding hydrogens is 344 g/mol. The summed E-state index contributed by atoms with van der Waals surface area (Å²) >= 11 is 0. The first kappa shape index (κ1) is 18.2. The van der Waals surface area contributed by atoms with Crippen LogP contribution in [0.15, 0.2) is 12.4 Å². The number of urea groups is 1. The number of nitrogens with one attached hydrogen (secondary N) is 1. The molecule has 2 amide bonds. The molecule has 3 rings (SSSR count). The lowest BCUT2D eigenvalue weighted by Gasteiger charge is -2.36. The van der Waals surface area contributed by atoms with Crippen LogP contribution in [0.1, 0.15) is 37.8 Å². The summed E-state index contributed by atoms with van der Waals surface area (Å²) in [7, 11) is -1.40. The third-order valence-corrected chi connectivity index (χ3v) is 6.59. The number of aromatic nitrogens is 2. The van der Waals surface area contributed by atoms with E-state index in [9.17, 15) is 13.2 Å². The Balaban J connectivity index is 1.76. The number of nitrogens with zero attached hydrogens (tertiary/aromatic N) is 3. The van der Waals surface area contributed by atoms with Gasteiger partial charge in [0.2, 0.25) is 0 Å². The van der Waals surface area contributed by atoms with Crippen molar-refractivity contribution in [1.29, 1.82) is 0 Å². The first-order valence-corrected chi connectivity index (χ1v) is 10.6. The quantitative estimate of drug-likeness (QED) is 0.848. The van der Waals surface area contributed by atoms with Crippen molar-refractivity contribution >= 4 is 15.9 Å². The highest BCUT2D eigenvalue weighted by atomic mass is 32.2. The van der Waals surface area contributed by atoms with Crippen molar-refractivity contribution in [1.82, 2.24) is 20.0 Å². The molecule has 0 bridgehead atoms. The van der Waals surface area contributed by atoms with Gasteiger partial charge in [0.15, 0.2) is 9.84 Å². The zero-order chi connectivity index (χ0) is 18.0. The third-order valence-electron chi connectivity index (χ3n) is 4.96. The van der Waals surface area contributed by atoms with Gasteiger partial charge in [0.05, 0.1) is 35.9 Å². The molecule has 25 heavy (non-hydrogen) atoms. The normalized spacial score (nSPS) is 27.2. The van der Waals surface area contributed by atoms with Gasteiger partial charge in [-0.25, -0.2) is 13.2 Å². The Morgan fingerprint density at radius 1 is 1.52 bits per heavy atom. The van der Waals surface area contributed by atoms with Gasteiger partial charge in [-0.3, -0.25) is 4.68 Å². The van der Waals surface area contributed by atoms with E-state index in [-0.39, 0.29) is 36.2 Å². The molecule has 9 heteroatoms. The number of ether oxygens (including phenoxy) is 1. The van der Waals surface area contributed by atoms with Crippen LogP contribution in [-0.4, -0.2) is 65.9 Å². The molecule has 2 aliphatic rings. The van der Waals surface area contributed by atoms with Gasteiger partial charge in [-0.2, -0.15) is 5.10 Å². The lowest BCUT2D eigenvalue weighted by atomic mass is 10.1. The van der Waals surface area contributed by atoms with Crippen molar-refractivity contribution in [3.63, 3.8) is 0 Å². The zero-order valence-electron chi connectivity index (χ0n) is 14.7. The number of carbonyl (C=O) groups is 1. The van der Waals surface area contributed by atoms with Crippen LogP contribution in [0.5, 0.6) is 0 Å². The van der Waals surface area contributed by atoms with Crippen LogP contribution in [0.25, 0.3) is 0 Å². The molecule has 0 radical (unpaired) electrons. The average molecular weight is 370 g/mol. The van der Waals surface area contributed by atoms with E-state index in [1.165, 1.54) is 0 Å². The Morgan fingerprint density at radius 3 is 2.92 bits per heavy atom. The summed E-state index contributed by atoms with van der Waals surface area (Å²) in [4.78, 5) is 14.5. The summed E-state index contributed by atoms with van der Waals surface area (Å²) in [6.45, 7) is 2.94. The van der Waals surface area contributed by atoms with Crippen LogP contribution >= 0.6 is 0 Å². The molecule has 2 fully saturated rings. The van der Waals surface area contributed by atoms with Crippen LogP contribution in [0.4, 0.5) is 4.79 Å². The second kappa shape index (κ2) is 7.33. The minimum atomic E-state index is -3.17. The molecular formula is C16H26N4O4S. The predicted molar refractivity (Wildman–Crippen MR) is 92.9 cm³/mol. The molecule has 1 N–H and O–H groups in total. The van der Waals surface area contributed by atoms with Crippen molar-refractivity contribution in [2.24, 2.45) is 7.05 Å². The van der Waals surface area contributed by atoms with Crippen LogP contribution in [0, 0.1) is 0 Å². The predicted octanol–water partition coefficient (Wildman–Crippen LogP) is 0.859. The number of hydrogen-bond acceptors (Lipinski definition) is 5. The highest BCUT2D eigenvalue weighted by Gasteiger charge is 2.37. The number of sulfone groups is 1. The molecule has 0 spiro atoms. The molecule has 3 atom stereocenters. The minimum Gasteiger partial charge on any atom is -0.376 e. The van der Waals surface area contributed by atoms with Crippen molar-refractivity contribution in [3.05, 3.63) is 18.0 Å². The fourth-order valence-corrected chi connectivity index (χ4v) is 5.05. The monoisotopic (exact) mass is 370 g/mol. The van der Waals surface area contributed by atoms with Crippen molar-refractivity contribution < 1.29 is 17.9 Å². The number of rotatable bonds is 4. The summed E-state index contributed by atoms with van der Waals surface area (Å²) in [6, 6.07) is -0.788. The first-order valence-electron chi connectivity index (χ1n) is 8.77. The van der Waals surface area contributed by atoms with Gasteiger partial charge in [0.1, 0.15) is 0 Å². The average Bonchev–Trinajstić information content (AvgIpc) is 3.23. The smallest absolute Gasteiger partial charge is 0.318 e. The van der Waals surface area contributed by atoms with Gasteiger partial charge in [0.25, 0.3) is 0 Å². The second-order valence-electron chi connectivity index (χ2n) is 6.79. The Kier molecular flexibility index (Phi) is 5.33. The minimum absolute atomic E-state index is 0.00605. The molecule has 140 valence electrons. The van der Waals surface area contributed by atoms with Crippen molar-refractivity contribution in [3.8, 4) is 0 Å². The lowest BCUT2D eigenvalue weighted by Crippen LogP contribution is -2.54. The van der Waals surface area contributed by atoms with E-state index < -0.39 is 15.9 Å². The first-order chi connectivity index (χ1) is 11.9. The van der Waals surface area contributed by atoms with Crippen LogP contribution in [0.3, 0.4) is 0 Å². The van der Waals surface area contributed by atoms with Crippen LogP contribution in [-0.2, 0) is 21.6 Å². The SMILES string of the molecule is CCC(NC(=O)N1CCS(=O)(=O)CC1c1cnn(C)c1)C1CCCO1. The molecule has 1 aromatic rings. The molecule has 3 heterocycles. The number of amides is 2. The molecule has 1 aromatic heterocycles. The highest BCUT2D eigenvalue weighted by Crippen LogP contribution is 2.27. The van der Waals surface area contributed by atoms with Gasteiger partial charge >= 0.3 is 6.03 Å². The van der Waals surface area contributed by atoms with E-state index in [1.807, 2.05) is 6.92 Å². The Bertz CT molecular complexity index is 711. The lowest BCUT2D eigenvalue weighted by molar-refractivity contribution is 0.0757. The van der Waals surface area contributed by atoms with Gasteiger partial charge in [0, 0.05) is 32.0 Å². The van der Waals surface area contributed by atoms with E-state index in [1.54, 1.807) is 29.0 Å². The van der Waals surface area contributed by atoms with Gasteiger partial charge < -0.3 is 15.0 Å². The molecule has 0 aromatic carbocycles. The van der Waals surface area contributed by atoms with E-state index in [4.69, 9.17) is 4.74 Å². The third kappa shape index (κ3) is 4.14. The molecule has 0 saturated carbocycles. The van der Waals surface area contributed by atoms with E-state index in [0.29, 0.717) is 0 Å². The maximum atomic E-state index is 12.9. The summed E-state index contributed by atoms with van der Waals surface area (Å²) in [5, 5.41) is 7.17. The number of aryl methyl sites for hydroxylation is 1. The van der Waals surface area contributed by atoms with Crippen molar-refractivity contribution in [2.45, 2.75) is 44.4 Å². The molecule has 0 aliphatic carbocycles. The Morgan fingerprint density at radius 2 is 2.32 bits per heavy atom. The maximum absolute atomic E-state index is 12.9.